The lowest BCUT2D eigenvalue weighted by Gasteiger charge is -2.30. The molecule has 2 amide bonds. The first-order valence-electron chi connectivity index (χ1n) is 11.8. The van der Waals surface area contributed by atoms with E-state index in [0.717, 1.165) is 10.4 Å². The fourth-order valence-corrected chi connectivity index (χ4v) is 5.00. The van der Waals surface area contributed by atoms with Crippen LogP contribution in [0.25, 0.3) is 0 Å². The molecule has 6 nitrogen and oxygen atoms in total. The monoisotopic (exact) mass is 528 g/mol. The lowest BCUT2D eigenvalue weighted by molar-refractivity contribution is -0.132. The standard InChI is InChI=1S/C28H33ClN2O4S/c1-19(2)31(28(33)23-8-6-7-9-24(23)29)18-27(32)30(17-22-12-10-20(3)36-22)15-14-21-11-13-25(34-4)26(16-21)35-5/h6-13,16,19H,14-15,17-18H2,1-5H3. The van der Waals surface area contributed by atoms with Crippen molar-refractivity contribution in [2.45, 2.75) is 39.8 Å². The number of rotatable bonds is 11. The summed E-state index contributed by atoms with van der Waals surface area (Å²) in [6.07, 6.45) is 0.636. The van der Waals surface area contributed by atoms with E-state index in [2.05, 4.69) is 6.07 Å². The summed E-state index contributed by atoms with van der Waals surface area (Å²) >= 11 is 7.95. The van der Waals surface area contributed by atoms with E-state index in [0.29, 0.717) is 41.6 Å². The van der Waals surface area contributed by atoms with Gasteiger partial charge in [-0.05, 0) is 69.2 Å². The Morgan fingerprint density at radius 3 is 2.33 bits per heavy atom. The molecule has 3 aromatic rings. The van der Waals surface area contributed by atoms with Gasteiger partial charge in [-0.15, -0.1) is 11.3 Å². The van der Waals surface area contributed by atoms with Gasteiger partial charge in [-0.1, -0.05) is 29.8 Å². The number of thiophene rings is 1. The van der Waals surface area contributed by atoms with Crippen LogP contribution in [0.15, 0.2) is 54.6 Å². The van der Waals surface area contributed by atoms with Crippen LogP contribution in [0, 0.1) is 6.92 Å². The summed E-state index contributed by atoms with van der Waals surface area (Å²) < 4.78 is 10.8. The minimum atomic E-state index is -0.254. The van der Waals surface area contributed by atoms with Gasteiger partial charge in [0, 0.05) is 22.3 Å². The third-order valence-corrected chi connectivity index (χ3v) is 7.22. The molecule has 0 radical (unpaired) electrons. The van der Waals surface area contributed by atoms with Crippen molar-refractivity contribution in [1.82, 2.24) is 9.80 Å². The molecule has 0 spiro atoms. The number of nitrogens with zero attached hydrogens (tertiary/aromatic N) is 2. The Labute approximate surface area is 222 Å². The third-order valence-electron chi connectivity index (χ3n) is 5.91. The minimum Gasteiger partial charge on any atom is -0.493 e. The number of hydrogen-bond donors (Lipinski definition) is 0. The van der Waals surface area contributed by atoms with E-state index in [1.807, 2.05) is 49.9 Å². The molecule has 0 aliphatic rings. The number of carbonyl (C=O) groups is 2. The number of aryl methyl sites for hydroxylation is 1. The van der Waals surface area contributed by atoms with Gasteiger partial charge in [0.2, 0.25) is 5.91 Å². The second kappa shape index (κ2) is 12.8. The molecule has 0 atom stereocenters. The molecule has 0 N–H and O–H groups in total. The SMILES string of the molecule is COc1ccc(CCN(Cc2ccc(C)s2)C(=O)CN(C(=O)c2ccccc2Cl)C(C)C)cc1OC. The molecule has 1 aromatic heterocycles. The second-order valence-electron chi connectivity index (χ2n) is 8.77. The van der Waals surface area contributed by atoms with E-state index < -0.39 is 0 Å². The average Bonchev–Trinajstić information content (AvgIpc) is 3.28. The van der Waals surface area contributed by atoms with Gasteiger partial charge in [0.05, 0.1) is 31.4 Å². The fourth-order valence-electron chi connectivity index (χ4n) is 3.87. The van der Waals surface area contributed by atoms with Crippen LogP contribution in [0.4, 0.5) is 0 Å². The Kier molecular flexibility index (Phi) is 9.79. The van der Waals surface area contributed by atoms with Gasteiger partial charge in [0.25, 0.3) is 5.91 Å². The lowest BCUT2D eigenvalue weighted by Crippen LogP contribution is -2.46. The van der Waals surface area contributed by atoms with Crippen LogP contribution in [-0.4, -0.2) is 55.0 Å². The molecule has 0 saturated carbocycles. The van der Waals surface area contributed by atoms with Gasteiger partial charge >= 0.3 is 0 Å². The molecule has 3 rings (SSSR count). The highest BCUT2D eigenvalue weighted by Gasteiger charge is 2.26. The maximum absolute atomic E-state index is 13.6. The van der Waals surface area contributed by atoms with E-state index in [1.165, 1.54) is 4.88 Å². The number of methoxy groups -OCH3 is 2. The van der Waals surface area contributed by atoms with Crippen molar-refractivity contribution in [3.05, 3.63) is 80.5 Å². The van der Waals surface area contributed by atoms with Crippen LogP contribution in [0.3, 0.4) is 0 Å². The zero-order valence-electron chi connectivity index (χ0n) is 21.4. The molecular weight excluding hydrogens is 496 g/mol. The molecule has 0 aliphatic carbocycles. The quantitative estimate of drug-likeness (QED) is 0.313. The molecule has 0 fully saturated rings. The Morgan fingerprint density at radius 1 is 1.00 bits per heavy atom. The summed E-state index contributed by atoms with van der Waals surface area (Å²) in [5.41, 5.74) is 1.42. The van der Waals surface area contributed by atoms with Crippen LogP contribution in [0.5, 0.6) is 11.5 Å². The predicted molar refractivity (Wildman–Crippen MR) is 145 cm³/mol. The highest BCUT2D eigenvalue weighted by atomic mass is 35.5. The summed E-state index contributed by atoms with van der Waals surface area (Å²) in [6, 6.07) is 16.6. The van der Waals surface area contributed by atoms with Crippen LogP contribution in [0.1, 0.15) is 39.5 Å². The van der Waals surface area contributed by atoms with Crippen molar-refractivity contribution in [2.24, 2.45) is 0 Å². The molecule has 0 bridgehead atoms. The summed E-state index contributed by atoms with van der Waals surface area (Å²) in [7, 11) is 3.21. The minimum absolute atomic E-state index is 0.0297. The number of halogens is 1. The molecule has 0 aliphatic heterocycles. The molecular formula is C28H33ClN2O4S. The third kappa shape index (κ3) is 7.02. The first kappa shape index (κ1) is 27.6. The first-order chi connectivity index (χ1) is 17.2. The van der Waals surface area contributed by atoms with E-state index >= 15 is 0 Å². The molecule has 36 heavy (non-hydrogen) atoms. The van der Waals surface area contributed by atoms with Crippen LogP contribution in [-0.2, 0) is 17.8 Å². The Morgan fingerprint density at radius 2 is 1.72 bits per heavy atom. The maximum atomic E-state index is 13.6. The van der Waals surface area contributed by atoms with E-state index in [-0.39, 0.29) is 24.4 Å². The van der Waals surface area contributed by atoms with Crippen molar-refractivity contribution >= 4 is 34.8 Å². The summed E-state index contributed by atoms with van der Waals surface area (Å²) in [4.78, 5) is 32.6. The van der Waals surface area contributed by atoms with Crippen molar-refractivity contribution in [2.75, 3.05) is 27.3 Å². The highest BCUT2D eigenvalue weighted by Crippen LogP contribution is 2.28. The van der Waals surface area contributed by atoms with Gasteiger partial charge in [-0.3, -0.25) is 9.59 Å². The zero-order chi connectivity index (χ0) is 26.2. The molecule has 2 aromatic carbocycles. The number of ether oxygens (including phenoxy) is 2. The van der Waals surface area contributed by atoms with Crippen LogP contribution >= 0.6 is 22.9 Å². The predicted octanol–water partition coefficient (Wildman–Crippen LogP) is 5.85. The topological polar surface area (TPSA) is 59.1 Å². The normalized spacial score (nSPS) is 10.9. The smallest absolute Gasteiger partial charge is 0.256 e. The number of carbonyl (C=O) groups excluding carboxylic acids is 2. The van der Waals surface area contributed by atoms with Crippen LogP contribution < -0.4 is 9.47 Å². The summed E-state index contributed by atoms with van der Waals surface area (Å²) in [5, 5.41) is 0.375. The molecule has 0 saturated heterocycles. The number of benzene rings is 2. The average molecular weight is 529 g/mol. The largest absolute Gasteiger partial charge is 0.493 e. The van der Waals surface area contributed by atoms with Gasteiger partial charge in [0.15, 0.2) is 11.5 Å². The summed E-state index contributed by atoms with van der Waals surface area (Å²) in [5.74, 6) is 0.943. The second-order valence-corrected chi connectivity index (χ2v) is 10.6. The van der Waals surface area contributed by atoms with Gasteiger partial charge in [-0.25, -0.2) is 0 Å². The number of hydrogen-bond acceptors (Lipinski definition) is 5. The molecule has 8 heteroatoms. The van der Waals surface area contributed by atoms with Gasteiger partial charge in [-0.2, -0.15) is 0 Å². The molecule has 0 unspecified atom stereocenters. The van der Waals surface area contributed by atoms with E-state index in [9.17, 15) is 9.59 Å². The van der Waals surface area contributed by atoms with Gasteiger partial charge < -0.3 is 19.3 Å². The maximum Gasteiger partial charge on any atom is 0.256 e. The van der Waals surface area contributed by atoms with Crippen molar-refractivity contribution in [3.8, 4) is 11.5 Å². The Bertz CT molecular complexity index is 1190. The molecule has 1 heterocycles. The fraction of sp³-hybridized carbons (Fsp3) is 0.357. The van der Waals surface area contributed by atoms with Crippen molar-refractivity contribution in [3.63, 3.8) is 0 Å². The van der Waals surface area contributed by atoms with Crippen molar-refractivity contribution < 1.29 is 19.1 Å². The number of amides is 2. The zero-order valence-corrected chi connectivity index (χ0v) is 23.0. The molecule has 192 valence electrons. The van der Waals surface area contributed by atoms with E-state index in [4.69, 9.17) is 21.1 Å². The van der Waals surface area contributed by atoms with Crippen molar-refractivity contribution in [1.29, 1.82) is 0 Å². The highest BCUT2D eigenvalue weighted by molar-refractivity contribution is 7.11. The Balaban J connectivity index is 1.80. The lowest BCUT2D eigenvalue weighted by atomic mass is 10.1. The van der Waals surface area contributed by atoms with Crippen LogP contribution in [0.2, 0.25) is 5.02 Å². The van der Waals surface area contributed by atoms with Gasteiger partial charge in [0.1, 0.15) is 6.54 Å². The Hall–Kier alpha value is -3.03. The first-order valence-corrected chi connectivity index (χ1v) is 13.0. The summed E-state index contributed by atoms with van der Waals surface area (Å²) in [6.45, 7) is 6.80. The van der Waals surface area contributed by atoms with E-state index in [1.54, 1.807) is 54.7 Å².